The summed E-state index contributed by atoms with van der Waals surface area (Å²) in [5.74, 6) is -1.12. The molecule has 2 aromatic carbocycles. The highest BCUT2D eigenvalue weighted by molar-refractivity contribution is 7.46. The highest BCUT2D eigenvalue weighted by Gasteiger charge is 2.53. The zero-order chi connectivity index (χ0) is 31.8. The lowest BCUT2D eigenvalue weighted by Gasteiger charge is -2.53. The lowest BCUT2D eigenvalue weighted by molar-refractivity contribution is -0.154. The van der Waals surface area contributed by atoms with Crippen molar-refractivity contribution in [1.29, 1.82) is 0 Å². The second-order valence-electron chi connectivity index (χ2n) is 10.8. The topological polar surface area (TPSA) is 125 Å². The van der Waals surface area contributed by atoms with Crippen LogP contribution in [0.3, 0.4) is 0 Å². The summed E-state index contributed by atoms with van der Waals surface area (Å²) >= 11 is 0. The third-order valence-electron chi connectivity index (χ3n) is 7.85. The van der Waals surface area contributed by atoms with E-state index < -0.39 is 73.2 Å². The molecule has 1 spiro atoms. The molecule has 236 valence electrons. The van der Waals surface area contributed by atoms with Gasteiger partial charge < -0.3 is 24.7 Å². The van der Waals surface area contributed by atoms with Gasteiger partial charge in [0.1, 0.15) is 6.61 Å². The number of benzene rings is 2. The Balaban J connectivity index is 1.73. The van der Waals surface area contributed by atoms with Gasteiger partial charge in [-0.05, 0) is 55.5 Å². The first kappa shape index (κ1) is 32.9. The number of amides is 2. The molecule has 2 fully saturated rings. The van der Waals surface area contributed by atoms with Crippen LogP contribution in [0.4, 0.5) is 26.3 Å². The van der Waals surface area contributed by atoms with Crippen LogP contribution in [0.5, 0.6) is 0 Å². The molecule has 4 rings (SSSR count). The van der Waals surface area contributed by atoms with Crippen LogP contribution in [0.15, 0.2) is 48.5 Å². The molecule has 2 aliphatic rings. The van der Waals surface area contributed by atoms with E-state index in [4.69, 9.17) is 4.74 Å². The molecule has 2 saturated heterocycles. The van der Waals surface area contributed by atoms with Crippen LogP contribution in [0, 0.1) is 0 Å². The van der Waals surface area contributed by atoms with E-state index in [0.717, 1.165) is 0 Å². The maximum absolute atomic E-state index is 13.5. The number of nitrogens with one attached hydrogen (secondary N) is 1. The van der Waals surface area contributed by atoms with Crippen molar-refractivity contribution in [3.05, 3.63) is 70.8 Å². The van der Waals surface area contributed by atoms with Crippen molar-refractivity contribution in [3.63, 3.8) is 0 Å². The number of carbonyl (C=O) groups excluding carboxylic acids is 2. The number of ether oxygens (including phenoxy) is 1. The van der Waals surface area contributed by atoms with E-state index in [0.29, 0.717) is 30.5 Å². The normalized spacial score (nSPS) is 23.8. The predicted molar refractivity (Wildman–Crippen MR) is 138 cm³/mol. The average molecular weight is 638 g/mol. The van der Waals surface area contributed by atoms with Crippen molar-refractivity contribution in [2.24, 2.45) is 0 Å². The fourth-order valence-corrected chi connectivity index (χ4v) is 5.87. The number of likely N-dealkylation sites (tertiary alicyclic amines) is 1. The summed E-state index contributed by atoms with van der Waals surface area (Å²) in [5.41, 5.74) is -5.17. The van der Waals surface area contributed by atoms with Gasteiger partial charge in [0.15, 0.2) is 0 Å². The Hall–Kier alpha value is -2.97. The quantitative estimate of drug-likeness (QED) is 0.272. The Morgan fingerprint density at radius 2 is 1.63 bits per heavy atom. The maximum Gasteiger partial charge on any atom is 0.470 e. The predicted octanol–water partition coefficient (Wildman–Crippen LogP) is 5.08. The van der Waals surface area contributed by atoms with Gasteiger partial charge in [0.25, 0.3) is 0 Å². The molecule has 3 N–H and O–H groups in total. The standard InChI is InChI=1S/C27H29F6N2O7P/c1-17(18-11-20(26(28,29)30)13-21(12-18)27(31,32)33)41-16-25(19-5-3-2-4-6-19)10-9-24(8-7-22(36)34-24)15-35(25)23(37)14-42-43(38,39)40/h2-6,11-13,17H,7-10,14-16H2,1H3,(H,34,36)(H2,38,39,40)/t17-,24-,25-/m1/s1. The zero-order valence-corrected chi connectivity index (χ0v) is 23.6. The first-order valence-electron chi connectivity index (χ1n) is 13.1. The Morgan fingerprint density at radius 1 is 1.02 bits per heavy atom. The second-order valence-corrected chi connectivity index (χ2v) is 12.0. The summed E-state index contributed by atoms with van der Waals surface area (Å²) in [6.07, 6.45) is -10.4. The number of alkyl halides is 6. The summed E-state index contributed by atoms with van der Waals surface area (Å²) in [7, 11) is -5.07. The molecule has 0 saturated carbocycles. The van der Waals surface area contributed by atoms with Crippen molar-refractivity contribution in [3.8, 4) is 0 Å². The molecule has 0 radical (unpaired) electrons. The molecule has 0 bridgehead atoms. The van der Waals surface area contributed by atoms with Crippen LogP contribution in [0.1, 0.15) is 61.0 Å². The largest absolute Gasteiger partial charge is 0.470 e. The van der Waals surface area contributed by atoms with E-state index in [1.54, 1.807) is 30.3 Å². The number of piperidine rings is 1. The van der Waals surface area contributed by atoms with E-state index in [2.05, 4.69) is 9.84 Å². The molecule has 2 heterocycles. The smallest absolute Gasteiger partial charge is 0.371 e. The summed E-state index contributed by atoms with van der Waals surface area (Å²) in [4.78, 5) is 45.3. The Kier molecular flexibility index (Phi) is 9.07. The van der Waals surface area contributed by atoms with Gasteiger partial charge in [-0.2, -0.15) is 26.3 Å². The summed E-state index contributed by atoms with van der Waals surface area (Å²) in [6, 6.07) is 9.43. The van der Waals surface area contributed by atoms with E-state index in [1.807, 2.05) is 0 Å². The van der Waals surface area contributed by atoms with E-state index in [-0.39, 0.29) is 31.4 Å². The van der Waals surface area contributed by atoms with Gasteiger partial charge in [-0.3, -0.25) is 14.1 Å². The molecule has 2 amide bonds. The van der Waals surface area contributed by atoms with Crippen molar-refractivity contribution < 1.29 is 59.5 Å². The summed E-state index contributed by atoms with van der Waals surface area (Å²) in [5, 5.41) is 2.87. The third kappa shape index (κ3) is 7.58. The van der Waals surface area contributed by atoms with Crippen LogP contribution < -0.4 is 5.32 Å². The van der Waals surface area contributed by atoms with Crippen LogP contribution >= 0.6 is 7.82 Å². The third-order valence-corrected chi connectivity index (χ3v) is 8.32. The molecule has 43 heavy (non-hydrogen) atoms. The van der Waals surface area contributed by atoms with E-state index >= 15 is 0 Å². The summed E-state index contributed by atoms with van der Waals surface area (Å²) < 4.78 is 103. The van der Waals surface area contributed by atoms with Crippen LogP contribution in [0.25, 0.3) is 0 Å². The first-order valence-corrected chi connectivity index (χ1v) is 14.6. The minimum Gasteiger partial charge on any atom is -0.371 e. The van der Waals surface area contributed by atoms with Gasteiger partial charge in [0.2, 0.25) is 11.8 Å². The molecule has 0 aliphatic carbocycles. The molecule has 2 aromatic rings. The number of hydrogen-bond donors (Lipinski definition) is 3. The average Bonchev–Trinajstić information content (AvgIpc) is 3.29. The zero-order valence-electron chi connectivity index (χ0n) is 22.7. The van der Waals surface area contributed by atoms with Crippen LogP contribution in [-0.2, 0) is 41.3 Å². The Morgan fingerprint density at radius 3 is 2.14 bits per heavy atom. The number of halogens is 6. The number of nitrogens with zero attached hydrogens (tertiary/aromatic N) is 1. The van der Waals surface area contributed by atoms with Crippen LogP contribution in [0.2, 0.25) is 0 Å². The Labute approximate surface area is 242 Å². The highest BCUT2D eigenvalue weighted by atomic mass is 31.2. The monoisotopic (exact) mass is 638 g/mol. The number of phosphoric acid groups is 1. The number of phosphoric ester groups is 1. The van der Waals surface area contributed by atoms with Crippen molar-refractivity contribution >= 4 is 19.6 Å². The van der Waals surface area contributed by atoms with Crippen molar-refractivity contribution in [1.82, 2.24) is 10.2 Å². The number of carbonyl (C=O) groups is 2. The molecule has 0 aromatic heterocycles. The second kappa shape index (κ2) is 11.8. The fraction of sp³-hybridized carbons (Fsp3) is 0.481. The van der Waals surface area contributed by atoms with E-state index in [9.17, 15) is 50.3 Å². The summed E-state index contributed by atoms with van der Waals surface area (Å²) in [6.45, 7) is -0.294. The van der Waals surface area contributed by atoms with Gasteiger partial charge in [0.05, 0.1) is 34.9 Å². The molecular weight excluding hydrogens is 609 g/mol. The van der Waals surface area contributed by atoms with Gasteiger partial charge in [-0.1, -0.05) is 30.3 Å². The molecule has 3 atom stereocenters. The SMILES string of the molecule is C[C@@H](OC[C@@]1(c2ccccc2)CC[C@]2(CCC(=O)N2)CN1C(=O)COP(=O)(O)O)c1cc(C(F)(F)F)cc(C(F)(F)F)c1. The molecule has 9 nitrogen and oxygen atoms in total. The van der Waals surface area contributed by atoms with Gasteiger partial charge in [-0.25, -0.2) is 4.57 Å². The lowest BCUT2D eigenvalue weighted by atomic mass is 9.74. The van der Waals surface area contributed by atoms with Crippen molar-refractivity contribution in [2.75, 3.05) is 19.8 Å². The van der Waals surface area contributed by atoms with Crippen molar-refractivity contribution in [2.45, 2.75) is 62.1 Å². The lowest BCUT2D eigenvalue weighted by Crippen LogP contribution is -2.65. The minimum atomic E-state index is -5.07. The van der Waals surface area contributed by atoms with Gasteiger partial charge >= 0.3 is 20.2 Å². The van der Waals surface area contributed by atoms with Gasteiger partial charge in [-0.15, -0.1) is 0 Å². The molecular formula is C27H29F6N2O7P. The van der Waals surface area contributed by atoms with Crippen LogP contribution in [-0.4, -0.2) is 51.8 Å². The molecule has 2 aliphatic heterocycles. The maximum atomic E-state index is 13.5. The number of rotatable bonds is 8. The fourth-order valence-electron chi connectivity index (χ4n) is 5.59. The highest BCUT2D eigenvalue weighted by Crippen LogP contribution is 2.46. The Bertz CT molecular complexity index is 1370. The van der Waals surface area contributed by atoms with Gasteiger partial charge in [0, 0.05) is 13.0 Å². The molecule has 0 unspecified atom stereocenters. The van der Waals surface area contributed by atoms with E-state index in [1.165, 1.54) is 11.8 Å². The minimum absolute atomic E-state index is 0.0135. The first-order chi connectivity index (χ1) is 19.8. The molecule has 16 heteroatoms. The number of hydrogen-bond acceptors (Lipinski definition) is 5.